The minimum Gasteiger partial charge on any atom is -0.480 e. The molecule has 1 amide bonds. The molecular weight excluding hydrogens is 184 g/mol. The van der Waals surface area contributed by atoms with Gasteiger partial charge >= 0.3 is 5.97 Å². The fourth-order valence-corrected chi connectivity index (χ4v) is 0.974. The molecule has 0 rings (SSSR count). The summed E-state index contributed by atoms with van der Waals surface area (Å²) in [5, 5.41) is 14.0. The van der Waals surface area contributed by atoms with Crippen molar-refractivity contribution in [2.24, 2.45) is 0 Å². The molecule has 0 aromatic rings. The van der Waals surface area contributed by atoms with Crippen LogP contribution < -0.4 is 10.6 Å². The zero-order valence-electron chi connectivity index (χ0n) is 8.83. The van der Waals surface area contributed by atoms with Crippen molar-refractivity contribution in [2.75, 3.05) is 7.05 Å². The van der Waals surface area contributed by atoms with E-state index in [4.69, 9.17) is 5.11 Å². The predicted octanol–water partition coefficient (Wildman–Crippen LogP) is -0.0362. The standard InChI is InChI=1S/C9H18N2O3/c1-4-5-7(9(13)14)11-8(12)6(2)10-3/h6-7,10H,4-5H2,1-3H3,(H,11,12)(H,13,14)/t6?,7-/m0/s1. The van der Waals surface area contributed by atoms with Crippen LogP contribution >= 0.6 is 0 Å². The number of hydrogen-bond donors (Lipinski definition) is 3. The Hall–Kier alpha value is -1.10. The number of amides is 1. The molecule has 14 heavy (non-hydrogen) atoms. The van der Waals surface area contributed by atoms with Gasteiger partial charge in [0.25, 0.3) is 0 Å². The summed E-state index contributed by atoms with van der Waals surface area (Å²) in [6, 6.07) is -1.14. The highest BCUT2D eigenvalue weighted by Gasteiger charge is 2.20. The molecule has 1 unspecified atom stereocenters. The van der Waals surface area contributed by atoms with Gasteiger partial charge in [0.05, 0.1) is 6.04 Å². The lowest BCUT2D eigenvalue weighted by molar-refractivity contribution is -0.142. The summed E-state index contributed by atoms with van der Waals surface area (Å²) in [6.45, 7) is 3.56. The molecule has 0 saturated heterocycles. The van der Waals surface area contributed by atoms with Crippen molar-refractivity contribution in [3.63, 3.8) is 0 Å². The fourth-order valence-electron chi connectivity index (χ4n) is 0.974. The van der Waals surface area contributed by atoms with Crippen LogP contribution in [-0.2, 0) is 9.59 Å². The van der Waals surface area contributed by atoms with Crippen LogP contribution in [0.1, 0.15) is 26.7 Å². The van der Waals surface area contributed by atoms with Gasteiger partial charge < -0.3 is 15.7 Å². The Morgan fingerprint density at radius 2 is 2.00 bits per heavy atom. The monoisotopic (exact) mass is 202 g/mol. The van der Waals surface area contributed by atoms with Gasteiger partial charge in [-0.3, -0.25) is 4.79 Å². The van der Waals surface area contributed by atoms with Crippen molar-refractivity contribution in [3.05, 3.63) is 0 Å². The summed E-state index contributed by atoms with van der Waals surface area (Å²) in [6.07, 6.45) is 1.18. The van der Waals surface area contributed by atoms with Gasteiger partial charge in [0, 0.05) is 0 Å². The first kappa shape index (κ1) is 12.9. The van der Waals surface area contributed by atoms with Crippen LogP contribution in [-0.4, -0.2) is 36.1 Å². The first-order chi connectivity index (χ1) is 6.52. The van der Waals surface area contributed by atoms with E-state index in [1.54, 1.807) is 14.0 Å². The summed E-state index contributed by atoms with van der Waals surface area (Å²) in [5.41, 5.74) is 0. The molecule has 0 saturated carbocycles. The van der Waals surface area contributed by atoms with E-state index < -0.39 is 12.0 Å². The molecule has 0 fully saturated rings. The maximum atomic E-state index is 11.3. The fraction of sp³-hybridized carbons (Fsp3) is 0.778. The van der Waals surface area contributed by atoms with Crippen LogP contribution in [0.2, 0.25) is 0 Å². The number of rotatable bonds is 6. The third kappa shape index (κ3) is 4.23. The molecule has 5 nitrogen and oxygen atoms in total. The van der Waals surface area contributed by atoms with Crippen molar-refractivity contribution in [1.29, 1.82) is 0 Å². The van der Waals surface area contributed by atoms with Crippen LogP contribution in [0, 0.1) is 0 Å². The number of carbonyl (C=O) groups excluding carboxylic acids is 1. The maximum absolute atomic E-state index is 11.3. The Bertz CT molecular complexity index is 206. The topological polar surface area (TPSA) is 78.4 Å². The molecule has 3 N–H and O–H groups in total. The van der Waals surface area contributed by atoms with E-state index in [9.17, 15) is 9.59 Å². The van der Waals surface area contributed by atoms with E-state index in [1.165, 1.54) is 0 Å². The van der Waals surface area contributed by atoms with Crippen molar-refractivity contribution in [3.8, 4) is 0 Å². The Morgan fingerprint density at radius 1 is 1.43 bits per heavy atom. The van der Waals surface area contributed by atoms with Gasteiger partial charge in [-0.25, -0.2) is 4.79 Å². The zero-order valence-corrected chi connectivity index (χ0v) is 8.83. The Kier molecular flexibility index (Phi) is 5.87. The van der Waals surface area contributed by atoms with Crippen molar-refractivity contribution in [2.45, 2.75) is 38.8 Å². The van der Waals surface area contributed by atoms with Crippen LogP contribution in [0.15, 0.2) is 0 Å². The lowest BCUT2D eigenvalue weighted by Gasteiger charge is -2.16. The lowest BCUT2D eigenvalue weighted by Crippen LogP contribution is -2.48. The number of aliphatic carboxylic acids is 1. The Morgan fingerprint density at radius 3 is 2.36 bits per heavy atom. The molecule has 0 spiro atoms. The van der Waals surface area contributed by atoms with E-state index in [0.29, 0.717) is 6.42 Å². The molecule has 0 aromatic carbocycles. The molecule has 82 valence electrons. The number of carboxylic acid groups (broad SMARTS) is 1. The van der Waals surface area contributed by atoms with Gasteiger partial charge in [0.1, 0.15) is 6.04 Å². The minimum absolute atomic E-state index is 0.284. The van der Waals surface area contributed by atoms with Gasteiger partial charge in [-0.2, -0.15) is 0 Å². The molecule has 0 aliphatic rings. The van der Waals surface area contributed by atoms with Gasteiger partial charge in [0.15, 0.2) is 0 Å². The smallest absolute Gasteiger partial charge is 0.326 e. The molecule has 0 aliphatic heterocycles. The summed E-state index contributed by atoms with van der Waals surface area (Å²) in [7, 11) is 1.65. The molecule has 0 heterocycles. The number of nitrogens with one attached hydrogen (secondary N) is 2. The largest absolute Gasteiger partial charge is 0.480 e. The summed E-state index contributed by atoms with van der Waals surface area (Å²) >= 11 is 0. The highest BCUT2D eigenvalue weighted by molar-refractivity contribution is 5.86. The van der Waals surface area contributed by atoms with Crippen LogP contribution in [0.5, 0.6) is 0 Å². The molecule has 0 aliphatic carbocycles. The molecule has 2 atom stereocenters. The van der Waals surface area contributed by atoms with Crippen molar-refractivity contribution < 1.29 is 14.7 Å². The van der Waals surface area contributed by atoms with Crippen molar-refractivity contribution >= 4 is 11.9 Å². The average molecular weight is 202 g/mol. The van der Waals surface area contributed by atoms with Crippen LogP contribution in [0.3, 0.4) is 0 Å². The van der Waals surface area contributed by atoms with E-state index >= 15 is 0 Å². The second-order valence-corrected chi connectivity index (χ2v) is 3.20. The molecule has 5 heteroatoms. The first-order valence-corrected chi connectivity index (χ1v) is 4.73. The minimum atomic E-state index is -0.983. The van der Waals surface area contributed by atoms with Crippen LogP contribution in [0.25, 0.3) is 0 Å². The normalized spacial score (nSPS) is 14.5. The third-order valence-corrected chi connectivity index (χ3v) is 2.02. The highest BCUT2D eigenvalue weighted by Crippen LogP contribution is 1.97. The van der Waals surface area contributed by atoms with E-state index in [-0.39, 0.29) is 11.9 Å². The number of carboxylic acids is 1. The molecule has 0 radical (unpaired) electrons. The van der Waals surface area contributed by atoms with E-state index in [1.807, 2.05) is 6.92 Å². The maximum Gasteiger partial charge on any atom is 0.326 e. The highest BCUT2D eigenvalue weighted by atomic mass is 16.4. The van der Waals surface area contributed by atoms with Gasteiger partial charge in [-0.05, 0) is 20.4 Å². The van der Waals surface area contributed by atoms with E-state index in [0.717, 1.165) is 6.42 Å². The number of likely N-dealkylation sites (N-methyl/N-ethyl adjacent to an activating group) is 1. The lowest BCUT2D eigenvalue weighted by atomic mass is 10.1. The summed E-state index contributed by atoms with van der Waals surface area (Å²) in [5.74, 6) is -1.27. The Labute approximate surface area is 83.9 Å². The number of carbonyl (C=O) groups is 2. The first-order valence-electron chi connectivity index (χ1n) is 4.73. The molecule has 0 bridgehead atoms. The predicted molar refractivity (Wildman–Crippen MR) is 53.0 cm³/mol. The van der Waals surface area contributed by atoms with E-state index in [2.05, 4.69) is 10.6 Å². The summed E-state index contributed by atoms with van der Waals surface area (Å²) < 4.78 is 0. The van der Waals surface area contributed by atoms with Gasteiger partial charge in [-0.1, -0.05) is 13.3 Å². The average Bonchev–Trinajstić information content (AvgIpc) is 2.15. The second-order valence-electron chi connectivity index (χ2n) is 3.20. The van der Waals surface area contributed by atoms with Gasteiger partial charge in [-0.15, -0.1) is 0 Å². The molecule has 0 aromatic heterocycles. The number of hydrogen-bond acceptors (Lipinski definition) is 3. The zero-order chi connectivity index (χ0) is 11.1. The third-order valence-electron chi connectivity index (χ3n) is 2.02. The quantitative estimate of drug-likeness (QED) is 0.565. The van der Waals surface area contributed by atoms with Gasteiger partial charge in [0.2, 0.25) is 5.91 Å². The second kappa shape index (κ2) is 6.37. The molecular formula is C9H18N2O3. The summed E-state index contributed by atoms with van der Waals surface area (Å²) in [4.78, 5) is 22.0. The SMILES string of the molecule is CCC[C@H](NC(=O)C(C)NC)C(=O)O. The Balaban J connectivity index is 4.15. The van der Waals surface area contributed by atoms with Crippen molar-refractivity contribution in [1.82, 2.24) is 10.6 Å². The van der Waals surface area contributed by atoms with Crippen LogP contribution in [0.4, 0.5) is 0 Å².